The van der Waals surface area contributed by atoms with E-state index in [4.69, 9.17) is 4.74 Å². The van der Waals surface area contributed by atoms with Crippen molar-refractivity contribution in [3.8, 4) is 0 Å². The predicted octanol–water partition coefficient (Wildman–Crippen LogP) is 2.50. The van der Waals surface area contributed by atoms with Crippen molar-refractivity contribution < 1.29 is 14.3 Å². The van der Waals surface area contributed by atoms with E-state index in [0.29, 0.717) is 24.4 Å². The van der Waals surface area contributed by atoms with Gasteiger partial charge in [-0.2, -0.15) is 0 Å². The Morgan fingerprint density at radius 2 is 1.76 bits per heavy atom. The quantitative estimate of drug-likeness (QED) is 0.612. The minimum absolute atomic E-state index is 0.119. The maximum atomic E-state index is 12.1. The zero-order valence-corrected chi connectivity index (χ0v) is 14.2. The maximum Gasteiger partial charge on any atom is 0.251 e. The molecule has 0 aliphatic heterocycles. The number of carbonyl (C=O) groups is 2. The van der Waals surface area contributed by atoms with Gasteiger partial charge in [-0.1, -0.05) is 24.3 Å². The molecule has 2 amide bonds. The zero-order chi connectivity index (χ0) is 17.9. The average molecular weight is 341 g/mol. The summed E-state index contributed by atoms with van der Waals surface area (Å²) < 4.78 is 4.95. The van der Waals surface area contributed by atoms with Crippen LogP contribution in [0.5, 0.6) is 0 Å². The Morgan fingerprint density at radius 3 is 2.52 bits per heavy atom. The van der Waals surface area contributed by atoms with Gasteiger partial charge in [-0.3, -0.25) is 9.59 Å². The van der Waals surface area contributed by atoms with Crippen molar-refractivity contribution in [2.24, 2.45) is 0 Å². The molecular weight excluding hydrogens is 318 g/mol. The van der Waals surface area contributed by atoms with Crippen LogP contribution in [0.15, 0.2) is 54.6 Å². The normalized spacial score (nSPS) is 10.1. The monoisotopic (exact) mass is 341 g/mol. The Balaban J connectivity index is 1.82. The molecule has 2 aromatic rings. The van der Waals surface area contributed by atoms with Crippen LogP contribution in [0.3, 0.4) is 0 Å². The Bertz CT molecular complexity index is 689. The molecule has 2 aromatic carbocycles. The van der Waals surface area contributed by atoms with Crippen LogP contribution >= 0.6 is 0 Å². The van der Waals surface area contributed by atoms with Crippen molar-refractivity contribution in [2.45, 2.75) is 6.42 Å². The lowest BCUT2D eigenvalue weighted by molar-refractivity contribution is -0.114. The van der Waals surface area contributed by atoms with Gasteiger partial charge in [0.05, 0.1) is 6.54 Å². The van der Waals surface area contributed by atoms with Crippen LogP contribution in [0.4, 0.5) is 11.4 Å². The van der Waals surface area contributed by atoms with Crippen molar-refractivity contribution in [1.29, 1.82) is 0 Å². The van der Waals surface area contributed by atoms with E-state index in [9.17, 15) is 9.59 Å². The van der Waals surface area contributed by atoms with Crippen LogP contribution < -0.4 is 16.0 Å². The van der Waals surface area contributed by atoms with Gasteiger partial charge < -0.3 is 20.7 Å². The fraction of sp³-hybridized carbons (Fsp3) is 0.263. The number of para-hydroxylation sites is 1. The first kappa shape index (κ1) is 18.5. The van der Waals surface area contributed by atoms with E-state index in [2.05, 4.69) is 16.0 Å². The van der Waals surface area contributed by atoms with Crippen LogP contribution in [0.2, 0.25) is 0 Å². The van der Waals surface area contributed by atoms with Gasteiger partial charge in [0.15, 0.2) is 0 Å². The molecule has 0 aromatic heterocycles. The number of amides is 2. The minimum Gasteiger partial charge on any atom is -0.385 e. The van der Waals surface area contributed by atoms with E-state index in [1.165, 1.54) is 0 Å². The molecule has 0 spiro atoms. The molecular formula is C19H23N3O3. The molecule has 0 aliphatic carbocycles. The molecule has 0 unspecified atom stereocenters. The van der Waals surface area contributed by atoms with Crippen molar-refractivity contribution in [2.75, 3.05) is 37.4 Å². The molecule has 2 rings (SSSR count). The number of carbonyl (C=O) groups excluding carboxylic acids is 2. The minimum atomic E-state index is -0.152. The van der Waals surface area contributed by atoms with E-state index in [1.54, 1.807) is 25.3 Å². The molecule has 6 heteroatoms. The summed E-state index contributed by atoms with van der Waals surface area (Å²) in [5, 5.41) is 8.65. The number of anilines is 2. The molecule has 0 heterocycles. The first-order valence-corrected chi connectivity index (χ1v) is 8.15. The van der Waals surface area contributed by atoms with Gasteiger partial charge in [0.1, 0.15) is 0 Å². The fourth-order valence-electron chi connectivity index (χ4n) is 2.20. The van der Waals surface area contributed by atoms with Crippen LogP contribution in [0, 0.1) is 0 Å². The van der Waals surface area contributed by atoms with E-state index in [-0.39, 0.29) is 18.4 Å². The van der Waals surface area contributed by atoms with Crippen LogP contribution in [0.25, 0.3) is 0 Å². The Labute approximate surface area is 147 Å². The molecule has 0 atom stereocenters. The van der Waals surface area contributed by atoms with Gasteiger partial charge in [0.2, 0.25) is 5.91 Å². The molecule has 0 aliphatic rings. The summed E-state index contributed by atoms with van der Waals surface area (Å²) in [5.41, 5.74) is 2.01. The summed E-state index contributed by atoms with van der Waals surface area (Å²) in [4.78, 5) is 24.0. The highest BCUT2D eigenvalue weighted by Crippen LogP contribution is 2.11. The standard InChI is InChI=1S/C19H23N3O3/c1-25-12-6-11-20-19(24)15-7-5-10-17(13-15)21-14-18(23)22-16-8-3-2-4-9-16/h2-5,7-10,13,21H,6,11-12,14H2,1H3,(H,20,24)(H,22,23). The van der Waals surface area contributed by atoms with E-state index < -0.39 is 0 Å². The fourth-order valence-corrected chi connectivity index (χ4v) is 2.20. The third-order valence-electron chi connectivity index (χ3n) is 3.45. The van der Waals surface area contributed by atoms with Gasteiger partial charge in [-0.15, -0.1) is 0 Å². The van der Waals surface area contributed by atoms with Gasteiger partial charge in [0.25, 0.3) is 5.91 Å². The highest BCUT2D eigenvalue weighted by molar-refractivity contribution is 5.96. The SMILES string of the molecule is COCCCNC(=O)c1cccc(NCC(=O)Nc2ccccc2)c1. The highest BCUT2D eigenvalue weighted by atomic mass is 16.5. The van der Waals surface area contributed by atoms with Crippen molar-refractivity contribution in [3.05, 3.63) is 60.2 Å². The summed E-state index contributed by atoms with van der Waals surface area (Å²) in [6.45, 7) is 1.29. The number of nitrogens with one attached hydrogen (secondary N) is 3. The largest absolute Gasteiger partial charge is 0.385 e. The van der Waals surface area contributed by atoms with Gasteiger partial charge >= 0.3 is 0 Å². The number of hydrogen-bond donors (Lipinski definition) is 3. The topological polar surface area (TPSA) is 79.5 Å². The smallest absolute Gasteiger partial charge is 0.251 e. The Kier molecular flexibility index (Phi) is 7.46. The second-order valence-electron chi connectivity index (χ2n) is 5.45. The van der Waals surface area contributed by atoms with Gasteiger partial charge in [-0.05, 0) is 36.8 Å². The lowest BCUT2D eigenvalue weighted by Gasteiger charge is -2.09. The molecule has 3 N–H and O–H groups in total. The van der Waals surface area contributed by atoms with E-state index >= 15 is 0 Å². The Hall–Kier alpha value is -2.86. The van der Waals surface area contributed by atoms with Crippen molar-refractivity contribution in [3.63, 3.8) is 0 Å². The molecule has 0 radical (unpaired) electrons. The van der Waals surface area contributed by atoms with E-state index in [1.807, 2.05) is 36.4 Å². The molecule has 25 heavy (non-hydrogen) atoms. The summed E-state index contributed by atoms with van der Waals surface area (Å²) in [5.74, 6) is -0.297. The lowest BCUT2D eigenvalue weighted by atomic mass is 10.2. The molecule has 132 valence electrons. The summed E-state index contributed by atoms with van der Waals surface area (Å²) in [6, 6.07) is 16.3. The molecule has 0 saturated heterocycles. The third kappa shape index (κ3) is 6.64. The molecule has 0 bridgehead atoms. The van der Waals surface area contributed by atoms with Gasteiger partial charge in [-0.25, -0.2) is 0 Å². The molecule has 0 fully saturated rings. The average Bonchev–Trinajstić information content (AvgIpc) is 2.64. The number of hydrogen-bond acceptors (Lipinski definition) is 4. The predicted molar refractivity (Wildman–Crippen MR) is 98.8 cm³/mol. The van der Waals surface area contributed by atoms with Crippen molar-refractivity contribution in [1.82, 2.24) is 5.32 Å². The third-order valence-corrected chi connectivity index (χ3v) is 3.45. The van der Waals surface area contributed by atoms with E-state index in [0.717, 1.165) is 12.1 Å². The summed E-state index contributed by atoms with van der Waals surface area (Å²) >= 11 is 0. The highest BCUT2D eigenvalue weighted by Gasteiger charge is 2.07. The second kappa shape index (κ2) is 10.1. The molecule has 0 saturated carbocycles. The molecule has 6 nitrogen and oxygen atoms in total. The second-order valence-corrected chi connectivity index (χ2v) is 5.45. The summed E-state index contributed by atoms with van der Waals surface area (Å²) in [7, 11) is 1.63. The zero-order valence-electron chi connectivity index (χ0n) is 14.2. The van der Waals surface area contributed by atoms with Gasteiger partial charge in [0, 0.05) is 37.2 Å². The number of methoxy groups -OCH3 is 1. The number of ether oxygens (including phenoxy) is 1. The summed E-state index contributed by atoms with van der Waals surface area (Å²) in [6.07, 6.45) is 0.764. The number of benzene rings is 2. The van der Waals surface area contributed by atoms with Crippen LogP contribution in [0.1, 0.15) is 16.8 Å². The first-order chi connectivity index (χ1) is 12.2. The number of rotatable bonds is 9. The van der Waals surface area contributed by atoms with Crippen LogP contribution in [-0.4, -0.2) is 38.6 Å². The lowest BCUT2D eigenvalue weighted by Crippen LogP contribution is -2.25. The first-order valence-electron chi connectivity index (χ1n) is 8.15. The maximum absolute atomic E-state index is 12.1. The van der Waals surface area contributed by atoms with Crippen LogP contribution in [-0.2, 0) is 9.53 Å². The Morgan fingerprint density at radius 1 is 1.00 bits per heavy atom. The van der Waals surface area contributed by atoms with Crippen molar-refractivity contribution >= 4 is 23.2 Å².